The van der Waals surface area contributed by atoms with Gasteiger partial charge in [-0.2, -0.15) is 4.74 Å². The Hall–Kier alpha value is -2.62. The van der Waals surface area contributed by atoms with Gasteiger partial charge in [-0.1, -0.05) is 48.5 Å². The molecule has 0 bridgehead atoms. The number of carbonyl (C=O) groups is 1. The quantitative estimate of drug-likeness (QED) is 0.271. The molecule has 0 aromatic heterocycles. The molecule has 0 aliphatic heterocycles. The van der Waals surface area contributed by atoms with E-state index in [0.717, 1.165) is 11.1 Å². The zero-order valence-corrected chi connectivity index (χ0v) is 12.5. The average molecular weight is 297 g/mol. The standard InChI is InChI=1S/C18H19NO3/c1-2-22-18(20)17(13-15-9-5-3-6-10-15)19(21)14-16-11-7-4-8-12-16/h3-12,14,17H,2,13H2,1H3/b19-14-. The number of benzene rings is 2. The van der Waals surface area contributed by atoms with Crippen LogP contribution in [-0.4, -0.2) is 29.6 Å². The zero-order valence-electron chi connectivity index (χ0n) is 12.5. The van der Waals surface area contributed by atoms with Crippen molar-refractivity contribution in [3.63, 3.8) is 0 Å². The Kier molecular flexibility index (Phi) is 5.72. The van der Waals surface area contributed by atoms with Gasteiger partial charge < -0.3 is 9.94 Å². The molecule has 4 nitrogen and oxygen atoms in total. The molecule has 0 fully saturated rings. The molecular formula is C18H19NO3. The minimum atomic E-state index is -0.887. The second-order valence-corrected chi connectivity index (χ2v) is 4.86. The van der Waals surface area contributed by atoms with Gasteiger partial charge in [0.1, 0.15) is 0 Å². The van der Waals surface area contributed by atoms with Gasteiger partial charge >= 0.3 is 5.97 Å². The highest BCUT2D eigenvalue weighted by atomic mass is 16.5. The van der Waals surface area contributed by atoms with E-state index in [0.29, 0.717) is 11.2 Å². The maximum Gasteiger partial charge on any atom is 0.377 e. The first kappa shape index (κ1) is 15.8. The van der Waals surface area contributed by atoms with Crippen LogP contribution >= 0.6 is 0 Å². The van der Waals surface area contributed by atoms with Gasteiger partial charge in [-0.15, -0.1) is 0 Å². The second-order valence-electron chi connectivity index (χ2n) is 4.86. The van der Waals surface area contributed by atoms with E-state index >= 15 is 0 Å². The smallest absolute Gasteiger partial charge is 0.377 e. The average Bonchev–Trinajstić information content (AvgIpc) is 2.54. The molecule has 0 heterocycles. The van der Waals surface area contributed by atoms with Crippen LogP contribution in [0.4, 0.5) is 0 Å². The normalized spacial score (nSPS) is 12.7. The van der Waals surface area contributed by atoms with Crippen LogP contribution in [0.3, 0.4) is 0 Å². The predicted octanol–water partition coefficient (Wildman–Crippen LogP) is 2.79. The molecule has 0 saturated carbocycles. The number of esters is 1. The van der Waals surface area contributed by atoms with E-state index in [1.165, 1.54) is 6.21 Å². The SMILES string of the molecule is CCOC(=O)C(Cc1ccccc1)/[N+]([O-])=C/c1ccccc1. The molecule has 0 amide bonds. The van der Waals surface area contributed by atoms with Crippen molar-refractivity contribution in [2.24, 2.45) is 0 Å². The molecule has 0 radical (unpaired) electrons. The van der Waals surface area contributed by atoms with E-state index in [1.54, 1.807) is 6.92 Å². The lowest BCUT2D eigenvalue weighted by atomic mass is 10.1. The third-order valence-corrected chi connectivity index (χ3v) is 3.21. The Labute approximate surface area is 130 Å². The van der Waals surface area contributed by atoms with Crippen molar-refractivity contribution in [2.75, 3.05) is 6.61 Å². The lowest BCUT2D eigenvalue weighted by Crippen LogP contribution is -2.35. The van der Waals surface area contributed by atoms with Gasteiger partial charge in [0.15, 0.2) is 6.21 Å². The molecule has 22 heavy (non-hydrogen) atoms. The highest BCUT2D eigenvalue weighted by molar-refractivity contribution is 5.79. The minimum Gasteiger partial charge on any atom is -0.623 e. The monoisotopic (exact) mass is 297 g/mol. The fourth-order valence-corrected chi connectivity index (χ4v) is 2.13. The van der Waals surface area contributed by atoms with Gasteiger partial charge in [0.05, 0.1) is 6.61 Å². The minimum absolute atomic E-state index is 0.253. The van der Waals surface area contributed by atoms with E-state index in [1.807, 2.05) is 60.7 Å². The largest absolute Gasteiger partial charge is 0.623 e. The molecular weight excluding hydrogens is 278 g/mol. The van der Waals surface area contributed by atoms with E-state index < -0.39 is 12.0 Å². The summed E-state index contributed by atoms with van der Waals surface area (Å²) >= 11 is 0. The summed E-state index contributed by atoms with van der Waals surface area (Å²) in [4.78, 5) is 12.1. The molecule has 2 rings (SSSR count). The van der Waals surface area contributed by atoms with Gasteiger partial charge in [0.2, 0.25) is 0 Å². The van der Waals surface area contributed by atoms with Gasteiger partial charge in [0.25, 0.3) is 6.04 Å². The van der Waals surface area contributed by atoms with Crippen molar-refractivity contribution in [1.29, 1.82) is 0 Å². The topological polar surface area (TPSA) is 52.4 Å². The lowest BCUT2D eigenvalue weighted by molar-refractivity contribution is -0.484. The summed E-state index contributed by atoms with van der Waals surface area (Å²) in [6.07, 6.45) is 1.73. The van der Waals surface area contributed by atoms with Crippen molar-refractivity contribution in [3.05, 3.63) is 77.0 Å². The van der Waals surface area contributed by atoms with Crippen LogP contribution in [-0.2, 0) is 16.0 Å². The van der Waals surface area contributed by atoms with Crippen molar-refractivity contribution in [3.8, 4) is 0 Å². The number of ether oxygens (including phenoxy) is 1. The number of hydrogen-bond acceptors (Lipinski definition) is 3. The Morgan fingerprint density at radius 3 is 2.32 bits per heavy atom. The van der Waals surface area contributed by atoms with Crippen LogP contribution < -0.4 is 0 Å². The summed E-state index contributed by atoms with van der Waals surface area (Å²) in [5.41, 5.74) is 1.67. The lowest BCUT2D eigenvalue weighted by Gasteiger charge is -2.16. The summed E-state index contributed by atoms with van der Waals surface area (Å²) in [7, 11) is 0. The first-order valence-corrected chi connectivity index (χ1v) is 7.26. The number of nitrogens with zero attached hydrogens (tertiary/aromatic N) is 1. The maximum atomic E-state index is 12.4. The van der Waals surface area contributed by atoms with Crippen LogP contribution in [0.25, 0.3) is 0 Å². The molecule has 1 unspecified atom stereocenters. The van der Waals surface area contributed by atoms with Crippen LogP contribution in [0.5, 0.6) is 0 Å². The third kappa shape index (κ3) is 4.45. The molecule has 0 aliphatic carbocycles. The Morgan fingerprint density at radius 1 is 1.14 bits per heavy atom. The zero-order chi connectivity index (χ0) is 15.8. The van der Waals surface area contributed by atoms with E-state index in [4.69, 9.17) is 4.74 Å². The van der Waals surface area contributed by atoms with E-state index in [-0.39, 0.29) is 6.61 Å². The molecule has 2 aromatic rings. The molecule has 0 aliphatic rings. The van der Waals surface area contributed by atoms with Crippen molar-refractivity contribution >= 4 is 12.2 Å². The molecule has 114 valence electrons. The van der Waals surface area contributed by atoms with E-state index in [2.05, 4.69) is 0 Å². The second kappa shape index (κ2) is 7.98. The Morgan fingerprint density at radius 2 is 1.73 bits per heavy atom. The van der Waals surface area contributed by atoms with Gasteiger partial charge in [-0.3, -0.25) is 0 Å². The first-order valence-electron chi connectivity index (χ1n) is 7.26. The van der Waals surface area contributed by atoms with Crippen molar-refractivity contribution < 1.29 is 14.3 Å². The summed E-state index contributed by atoms with van der Waals surface area (Å²) in [6.45, 7) is 1.98. The molecule has 4 heteroatoms. The molecule has 0 N–H and O–H groups in total. The number of rotatable bonds is 6. The van der Waals surface area contributed by atoms with Crippen molar-refractivity contribution in [1.82, 2.24) is 0 Å². The van der Waals surface area contributed by atoms with Gasteiger partial charge in [-0.05, 0) is 24.6 Å². The van der Waals surface area contributed by atoms with Gasteiger partial charge in [0, 0.05) is 12.0 Å². The summed E-state index contributed by atoms with van der Waals surface area (Å²) in [5, 5.41) is 12.4. The Balaban J connectivity index is 2.23. The maximum absolute atomic E-state index is 12.4. The Bertz CT molecular complexity index is 623. The van der Waals surface area contributed by atoms with Crippen LogP contribution in [0, 0.1) is 5.21 Å². The highest BCUT2D eigenvalue weighted by Gasteiger charge is 2.27. The van der Waals surface area contributed by atoms with E-state index in [9.17, 15) is 10.0 Å². The fourth-order valence-electron chi connectivity index (χ4n) is 2.13. The van der Waals surface area contributed by atoms with Crippen LogP contribution in [0.1, 0.15) is 18.1 Å². The molecule has 0 spiro atoms. The molecule has 0 saturated heterocycles. The van der Waals surface area contributed by atoms with Crippen LogP contribution in [0.15, 0.2) is 60.7 Å². The number of hydroxylamine groups is 1. The van der Waals surface area contributed by atoms with Crippen LogP contribution in [0.2, 0.25) is 0 Å². The molecule has 1 atom stereocenters. The number of carbonyl (C=O) groups excluding carboxylic acids is 1. The van der Waals surface area contributed by atoms with Gasteiger partial charge in [-0.25, -0.2) is 4.79 Å². The summed E-state index contributed by atoms with van der Waals surface area (Å²) in [5.74, 6) is -0.506. The van der Waals surface area contributed by atoms with Crippen molar-refractivity contribution in [2.45, 2.75) is 19.4 Å². The number of hydrogen-bond donors (Lipinski definition) is 0. The third-order valence-electron chi connectivity index (χ3n) is 3.21. The summed E-state index contributed by atoms with van der Waals surface area (Å²) in [6, 6.07) is 17.7. The first-order chi connectivity index (χ1) is 10.7. The highest BCUT2D eigenvalue weighted by Crippen LogP contribution is 2.08. The summed E-state index contributed by atoms with van der Waals surface area (Å²) < 4.78 is 5.72. The predicted molar refractivity (Wildman–Crippen MR) is 85.8 cm³/mol. The molecule has 2 aromatic carbocycles. The fraction of sp³-hybridized carbons (Fsp3) is 0.222.